The van der Waals surface area contributed by atoms with Gasteiger partial charge in [-0.25, -0.2) is 0 Å². The summed E-state index contributed by atoms with van der Waals surface area (Å²) in [6.45, 7) is 4.57. The molecule has 1 unspecified atom stereocenters. The lowest BCUT2D eigenvalue weighted by Crippen LogP contribution is -2.58. The molecule has 4 aliphatic rings. The fraction of sp³-hybridized carbons (Fsp3) is 0.947. The van der Waals surface area contributed by atoms with Gasteiger partial charge in [0, 0.05) is 11.8 Å². The van der Waals surface area contributed by atoms with Crippen LogP contribution in [0.25, 0.3) is 0 Å². The van der Waals surface area contributed by atoms with Crippen LogP contribution < -0.4 is 0 Å². The van der Waals surface area contributed by atoms with E-state index in [2.05, 4.69) is 13.8 Å². The van der Waals surface area contributed by atoms with Crippen molar-refractivity contribution in [3.8, 4) is 0 Å². The lowest BCUT2D eigenvalue weighted by atomic mass is 9.44. The molecule has 0 spiro atoms. The van der Waals surface area contributed by atoms with Crippen LogP contribution >= 0.6 is 0 Å². The van der Waals surface area contributed by atoms with Gasteiger partial charge in [0.25, 0.3) is 0 Å². The summed E-state index contributed by atoms with van der Waals surface area (Å²) in [7, 11) is 0. The molecule has 0 aromatic carbocycles. The standard InChI is InChI=1S/C19H30O3/c1-18-7-5-12(20)9-11(18)10-15(21)17-13-3-4-16(22)19(13,2)8-6-14(17)18/h11-15,17,20-21H,3-10H2,1-2H3/t11-,12+,13+,14+,15?,17+,18+,19+/m1/s1. The first-order valence-electron chi connectivity index (χ1n) is 9.25. The third-order valence-corrected chi connectivity index (χ3v) is 8.36. The zero-order chi connectivity index (χ0) is 15.7. The van der Waals surface area contributed by atoms with E-state index in [9.17, 15) is 15.0 Å². The van der Waals surface area contributed by atoms with Crippen molar-refractivity contribution >= 4 is 5.78 Å². The van der Waals surface area contributed by atoms with E-state index in [1.165, 1.54) is 0 Å². The fourth-order valence-electron chi connectivity index (χ4n) is 6.97. The highest BCUT2D eigenvalue weighted by Crippen LogP contribution is 2.65. The maximum atomic E-state index is 12.4. The van der Waals surface area contributed by atoms with Crippen LogP contribution in [0.1, 0.15) is 65.2 Å². The van der Waals surface area contributed by atoms with Crippen molar-refractivity contribution in [2.75, 3.05) is 0 Å². The lowest BCUT2D eigenvalue weighted by molar-refractivity contribution is -0.171. The molecule has 3 heteroatoms. The monoisotopic (exact) mass is 306 g/mol. The number of Topliss-reactive ketones (excluding diaryl/α,β-unsaturated/α-hetero) is 1. The van der Waals surface area contributed by atoms with Crippen LogP contribution in [0.2, 0.25) is 0 Å². The summed E-state index contributed by atoms with van der Waals surface area (Å²) in [6, 6.07) is 0. The number of hydrogen-bond acceptors (Lipinski definition) is 3. The Hall–Kier alpha value is -0.410. The molecule has 4 rings (SSSR count). The highest BCUT2D eigenvalue weighted by Gasteiger charge is 2.62. The van der Waals surface area contributed by atoms with Gasteiger partial charge in [0.2, 0.25) is 0 Å². The molecule has 124 valence electrons. The molecule has 22 heavy (non-hydrogen) atoms. The first-order valence-corrected chi connectivity index (χ1v) is 9.25. The molecule has 0 heterocycles. The molecule has 0 bridgehead atoms. The summed E-state index contributed by atoms with van der Waals surface area (Å²) in [5.41, 5.74) is 0.0929. The van der Waals surface area contributed by atoms with E-state index >= 15 is 0 Å². The van der Waals surface area contributed by atoms with Crippen LogP contribution in [-0.2, 0) is 4.79 Å². The minimum absolute atomic E-state index is 0.167. The maximum Gasteiger partial charge on any atom is 0.139 e. The van der Waals surface area contributed by atoms with Gasteiger partial charge in [-0.2, -0.15) is 0 Å². The molecule has 0 saturated heterocycles. The second kappa shape index (κ2) is 4.80. The van der Waals surface area contributed by atoms with Gasteiger partial charge in [-0.05, 0) is 74.0 Å². The second-order valence-electron chi connectivity index (χ2n) is 9.14. The number of carbonyl (C=O) groups excluding carboxylic acids is 1. The van der Waals surface area contributed by atoms with E-state index in [0.29, 0.717) is 29.5 Å². The smallest absolute Gasteiger partial charge is 0.139 e. The third kappa shape index (κ3) is 1.84. The first kappa shape index (κ1) is 15.1. The highest BCUT2D eigenvalue weighted by atomic mass is 16.3. The van der Waals surface area contributed by atoms with Gasteiger partial charge < -0.3 is 10.2 Å². The third-order valence-electron chi connectivity index (χ3n) is 8.36. The van der Waals surface area contributed by atoms with Crippen LogP contribution in [0.4, 0.5) is 0 Å². The Balaban J connectivity index is 1.69. The van der Waals surface area contributed by atoms with Crippen molar-refractivity contribution in [1.82, 2.24) is 0 Å². The molecular formula is C19H30O3. The Morgan fingerprint density at radius 1 is 1.00 bits per heavy atom. The van der Waals surface area contributed by atoms with E-state index in [0.717, 1.165) is 51.4 Å². The first-order chi connectivity index (χ1) is 10.4. The summed E-state index contributed by atoms with van der Waals surface area (Å²) in [5, 5.41) is 20.9. The second-order valence-corrected chi connectivity index (χ2v) is 9.14. The van der Waals surface area contributed by atoms with Gasteiger partial charge in [-0.3, -0.25) is 4.79 Å². The van der Waals surface area contributed by atoms with E-state index in [4.69, 9.17) is 0 Å². The van der Waals surface area contributed by atoms with Gasteiger partial charge in [0.15, 0.2) is 0 Å². The molecule has 3 nitrogen and oxygen atoms in total. The molecule has 4 aliphatic carbocycles. The molecular weight excluding hydrogens is 276 g/mol. The number of ketones is 1. The van der Waals surface area contributed by atoms with Gasteiger partial charge >= 0.3 is 0 Å². The summed E-state index contributed by atoms with van der Waals surface area (Å²) in [4.78, 5) is 12.4. The van der Waals surface area contributed by atoms with Gasteiger partial charge in [-0.1, -0.05) is 13.8 Å². The molecule has 4 fully saturated rings. The molecule has 0 amide bonds. The van der Waals surface area contributed by atoms with Crippen LogP contribution in [0, 0.1) is 34.5 Å². The number of aliphatic hydroxyl groups is 2. The Labute approximate surface area is 133 Å². The molecule has 4 saturated carbocycles. The van der Waals surface area contributed by atoms with Crippen molar-refractivity contribution in [2.45, 2.75) is 77.4 Å². The zero-order valence-corrected chi connectivity index (χ0v) is 13.9. The number of carbonyl (C=O) groups is 1. The highest BCUT2D eigenvalue weighted by molar-refractivity contribution is 5.87. The Kier molecular flexibility index (Phi) is 3.30. The molecule has 0 aromatic rings. The number of rotatable bonds is 0. The summed E-state index contributed by atoms with van der Waals surface area (Å²) < 4.78 is 0. The van der Waals surface area contributed by atoms with Gasteiger partial charge in [0.1, 0.15) is 5.78 Å². The Morgan fingerprint density at radius 3 is 2.55 bits per heavy atom. The predicted octanol–water partition coefficient (Wildman–Crippen LogP) is 2.93. The average molecular weight is 306 g/mol. The van der Waals surface area contributed by atoms with Crippen molar-refractivity contribution < 1.29 is 15.0 Å². The number of hydrogen-bond donors (Lipinski definition) is 2. The minimum atomic E-state index is -0.274. The summed E-state index contributed by atoms with van der Waals surface area (Å²) in [5.74, 6) is 2.13. The maximum absolute atomic E-state index is 12.4. The topological polar surface area (TPSA) is 57.5 Å². The van der Waals surface area contributed by atoms with E-state index in [1.54, 1.807) is 0 Å². The van der Waals surface area contributed by atoms with E-state index in [1.807, 2.05) is 0 Å². The quantitative estimate of drug-likeness (QED) is 0.723. The minimum Gasteiger partial charge on any atom is -0.393 e. The SMILES string of the molecule is C[C@]12CC[C@H](O)C[C@@H]1CC(O)[C@@H]1[C@@H]2CC[C@]2(C)C(=O)CC[C@@H]12. The van der Waals surface area contributed by atoms with Gasteiger partial charge in [-0.15, -0.1) is 0 Å². The largest absolute Gasteiger partial charge is 0.393 e. The van der Waals surface area contributed by atoms with Crippen molar-refractivity contribution in [1.29, 1.82) is 0 Å². The van der Waals surface area contributed by atoms with Crippen LogP contribution in [0.3, 0.4) is 0 Å². The Bertz CT molecular complexity index is 489. The normalized spacial score (nSPS) is 57.9. The summed E-state index contributed by atoms with van der Waals surface area (Å²) >= 11 is 0. The van der Waals surface area contributed by atoms with Crippen LogP contribution in [-0.4, -0.2) is 28.2 Å². The molecule has 0 aliphatic heterocycles. The number of aliphatic hydroxyl groups excluding tert-OH is 2. The van der Waals surface area contributed by atoms with Crippen LogP contribution in [0.5, 0.6) is 0 Å². The molecule has 8 atom stereocenters. The Morgan fingerprint density at radius 2 is 1.77 bits per heavy atom. The average Bonchev–Trinajstić information content (AvgIpc) is 2.77. The van der Waals surface area contributed by atoms with E-state index < -0.39 is 0 Å². The zero-order valence-electron chi connectivity index (χ0n) is 13.9. The van der Waals surface area contributed by atoms with Crippen molar-refractivity contribution in [3.05, 3.63) is 0 Å². The molecule has 0 radical (unpaired) electrons. The molecule has 2 N–H and O–H groups in total. The summed E-state index contributed by atoms with van der Waals surface area (Å²) in [6.07, 6.45) is 7.03. The molecule has 0 aromatic heterocycles. The fourth-order valence-corrected chi connectivity index (χ4v) is 6.97. The van der Waals surface area contributed by atoms with E-state index in [-0.39, 0.29) is 23.0 Å². The van der Waals surface area contributed by atoms with Crippen molar-refractivity contribution in [3.63, 3.8) is 0 Å². The lowest BCUT2D eigenvalue weighted by Gasteiger charge is -2.61. The number of fused-ring (bicyclic) bond motifs is 5. The predicted molar refractivity (Wildman–Crippen MR) is 84.1 cm³/mol. The van der Waals surface area contributed by atoms with Gasteiger partial charge in [0.05, 0.1) is 12.2 Å². The van der Waals surface area contributed by atoms with Crippen LogP contribution in [0.15, 0.2) is 0 Å². The van der Waals surface area contributed by atoms with Crippen molar-refractivity contribution in [2.24, 2.45) is 34.5 Å².